The Balaban J connectivity index is 1.26. The molecular formula is C25H26N4O3S. The van der Waals surface area contributed by atoms with Gasteiger partial charge in [-0.1, -0.05) is 23.9 Å². The van der Waals surface area contributed by atoms with Crippen LogP contribution >= 0.6 is 11.8 Å². The molecule has 33 heavy (non-hydrogen) atoms. The van der Waals surface area contributed by atoms with E-state index < -0.39 is 0 Å². The van der Waals surface area contributed by atoms with Crippen LogP contribution in [0.25, 0.3) is 0 Å². The van der Waals surface area contributed by atoms with Gasteiger partial charge in [0, 0.05) is 49.3 Å². The minimum Gasteiger partial charge on any atom is -0.497 e. The van der Waals surface area contributed by atoms with Crippen molar-refractivity contribution in [3.05, 3.63) is 78.5 Å². The molecule has 1 fully saturated rings. The molecule has 4 rings (SSSR count). The molecule has 0 aliphatic carbocycles. The maximum absolute atomic E-state index is 12.8. The van der Waals surface area contributed by atoms with E-state index in [-0.39, 0.29) is 11.8 Å². The number of amides is 2. The van der Waals surface area contributed by atoms with Crippen LogP contribution in [0.3, 0.4) is 0 Å². The quantitative estimate of drug-likeness (QED) is 0.539. The van der Waals surface area contributed by atoms with Gasteiger partial charge in [0.2, 0.25) is 5.91 Å². The number of pyridine rings is 1. The second-order valence-electron chi connectivity index (χ2n) is 7.56. The fraction of sp³-hybridized carbons (Fsp3) is 0.240. The molecule has 0 spiro atoms. The SMILES string of the molecule is COc1cccc(C(=O)N2CCN(c3ccc(NC(=O)CSc4ccccn4)cc3)CC2)c1. The first kappa shape index (κ1) is 22.7. The maximum Gasteiger partial charge on any atom is 0.254 e. The standard InChI is InChI=1S/C25H26N4O3S/c1-32-22-6-4-5-19(17-22)25(31)29-15-13-28(14-16-29)21-10-8-20(9-11-21)27-23(30)18-33-24-7-2-3-12-26-24/h2-12,17H,13-16,18H2,1H3,(H,27,30). The number of hydrogen-bond donors (Lipinski definition) is 1. The van der Waals surface area contributed by atoms with Crippen LogP contribution in [0.15, 0.2) is 78.0 Å². The number of aromatic nitrogens is 1. The summed E-state index contributed by atoms with van der Waals surface area (Å²) in [6.07, 6.45) is 1.72. The van der Waals surface area contributed by atoms with E-state index in [9.17, 15) is 9.59 Å². The van der Waals surface area contributed by atoms with Crippen molar-refractivity contribution in [2.45, 2.75) is 5.03 Å². The van der Waals surface area contributed by atoms with E-state index in [0.717, 1.165) is 29.5 Å². The van der Waals surface area contributed by atoms with Crippen LogP contribution in [-0.2, 0) is 4.79 Å². The van der Waals surface area contributed by atoms with E-state index in [0.29, 0.717) is 30.2 Å². The molecule has 1 aromatic heterocycles. The van der Waals surface area contributed by atoms with Crippen molar-refractivity contribution >= 4 is 35.0 Å². The molecule has 1 saturated heterocycles. The zero-order chi connectivity index (χ0) is 23.0. The van der Waals surface area contributed by atoms with E-state index in [4.69, 9.17) is 4.74 Å². The number of anilines is 2. The summed E-state index contributed by atoms with van der Waals surface area (Å²) in [6.45, 7) is 2.81. The van der Waals surface area contributed by atoms with Crippen LogP contribution in [0.4, 0.5) is 11.4 Å². The number of methoxy groups -OCH3 is 1. The lowest BCUT2D eigenvalue weighted by Gasteiger charge is -2.36. The molecule has 0 atom stereocenters. The third kappa shape index (κ3) is 6.04. The number of thioether (sulfide) groups is 1. The summed E-state index contributed by atoms with van der Waals surface area (Å²) in [7, 11) is 1.60. The number of nitrogens with zero attached hydrogens (tertiary/aromatic N) is 3. The van der Waals surface area contributed by atoms with Gasteiger partial charge < -0.3 is 19.9 Å². The number of rotatable bonds is 7. The minimum atomic E-state index is -0.0666. The summed E-state index contributed by atoms with van der Waals surface area (Å²) >= 11 is 1.41. The lowest BCUT2D eigenvalue weighted by atomic mass is 10.1. The van der Waals surface area contributed by atoms with Gasteiger partial charge in [0.1, 0.15) is 5.75 Å². The van der Waals surface area contributed by atoms with Gasteiger partial charge in [-0.05, 0) is 54.6 Å². The Labute approximate surface area is 197 Å². The average Bonchev–Trinajstić information content (AvgIpc) is 2.88. The number of ether oxygens (including phenoxy) is 1. The Morgan fingerprint density at radius 1 is 1.00 bits per heavy atom. The van der Waals surface area contributed by atoms with Gasteiger partial charge >= 0.3 is 0 Å². The van der Waals surface area contributed by atoms with Crippen molar-refractivity contribution < 1.29 is 14.3 Å². The third-order valence-electron chi connectivity index (χ3n) is 5.39. The monoisotopic (exact) mass is 462 g/mol. The topological polar surface area (TPSA) is 74.8 Å². The fourth-order valence-electron chi connectivity index (χ4n) is 3.63. The lowest BCUT2D eigenvalue weighted by molar-refractivity contribution is -0.113. The van der Waals surface area contributed by atoms with Gasteiger partial charge in [0.25, 0.3) is 5.91 Å². The first-order chi connectivity index (χ1) is 16.1. The van der Waals surface area contributed by atoms with Gasteiger partial charge in [0.15, 0.2) is 0 Å². The van der Waals surface area contributed by atoms with Crippen molar-refractivity contribution in [2.24, 2.45) is 0 Å². The van der Waals surface area contributed by atoms with E-state index in [1.54, 1.807) is 19.4 Å². The molecule has 0 saturated carbocycles. The summed E-state index contributed by atoms with van der Waals surface area (Å²) < 4.78 is 5.23. The Hall–Kier alpha value is -3.52. The van der Waals surface area contributed by atoms with E-state index in [1.165, 1.54) is 11.8 Å². The van der Waals surface area contributed by atoms with E-state index in [2.05, 4.69) is 15.2 Å². The predicted octanol–water partition coefficient (Wildman–Crippen LogP) is 3.78. The Bertz CT molecular complexity index is 1080. The number of hydrogen-bond acceptors (Lipinski definition) is 6. The lowest BCUT2D eigenvalue weighted by Crippen LogP contribution is -2.48. The van der Waals surface area contributed by atoms with Crippen LogP contribution < -0.4 is 15.0 Å². The molecule has 1 aliphatic heterocycles. The van der Waals surface area contributed by atoms with Crippen LogP contribution in [-0.4, -0.2) is 60.7 Å². The summed E-state index contributed by atoms with van der Waals surface area (Å²) in [6, 6.07) is 20.7. The second kappa shape index (κ2) is 10.9. The summed E-state index contributed by atoms with van der Waals surface area (Å²) in [5.74, 6) is 0.947. The smallest absolute Gasteiger partial charge is 0.254 e. The molecule has 2 heterocycles. The minimum absolute atomic E-state index is 0.0233. The van der Waals surface area contributed by atoms with Crippen molar-refractivity contribution in [1.82, 2.24) is 9.88 Å². The maximum atomic E-state index is 12.8. The van der Waals surface area contributed by atoms with Gasteiger partial charge in [-0.2, -0.15) is 0 Å². The van der Waals surface area contributed by atoms with Gasteiger partial charge in [-0.15, -0.1) is 0 Å². The average molecular weight is 463 g/mol. The Morgan fingerprint density at radius 3 is 2.48 bits per heavy atom. The highest BCUT2D eigenvalue weighted by atomic mass is 32.2. The first-order valence-corrected chi connectivity index (χ1v) is 11.7. The number of carbonyl (C=O) groups excluding carboxylic acids is 2. The number of nitrogens with one attached hydrogen (secondary N) is 1. The summed E-state index contributed by atoms with van der Waals surface area (Å²) in [5, 5.41) is 3.75. The van der Waals surface area contributed by atoms with Crippen LogP contribution in [0.5, 0.6) is 5.75 Å². The highest BCUT2D eigenvalue weighted by Crippen LogP contribution is 2.22. The fourth-order valence-corrected chi connectivity index (χ4v) is 4.29. The van der Waals surface area contributed by atoms with E-state index in [1.807, 2.05) is 65.6 Å². The molecule has 0 unspecified atom stereocenters. The molecule has 7 nitrogen and oxygen atoms in total. The normalized spacial score (nSPS) is 13.5. The van der Waals surface area contributed by atoms with Gasteiger partial charge in [-0.3, -0.25) is 9.59 Å². The van der Waals surface area contributed by atoms with Crippen molar-refractivity contribution in [3.8, 4) is 5.75 Å². The molecule has 0 bridgehead atoms. The number of benzene rings is 2. The third-order valence-corrected chi connectivity index (χ3v) is 6.33. The van der Waals surface area contributed by atoms with Gasteiger partial charge in [0.05, 0.1) is 17.9 Å². The number of piperazine rings is 1. The Kier molecular flexibility index (Phi) is 7.47. The van der Waals surface area contributed by atoms with Crippen molar-refractivity contribution in [1.29, 1.82) is 0 Å². The summed E-state index contributed by atoms with van der Waals surface area (Å²) in [5.41, 5.74) is 2.48. The Morgan fingerprint density at radius 2 is 1.79 bits per heavy atom. The zero-order valence-electron chi connectivity index (χ0n) is 18.4. The molecule has 1 aliphatic rings. The zero-order valence-corrected chi connectivity index (χ0v) is 19.3. The molecular weight excluding hydrogens is 436 g/mol. The van der Waals surface area contributed by atoms with Crippen molar-refractivity contribution in [3.63, 3.8) is 0 Å². The highest BCUT2D eigenvalue weighted by molar-refractivity contribution is 7.99. The highest BCUT2D eigenvalue weighted by Gasteiger charge is 2.22. The van der Waals surface area contributed by atoms with E-state index >= 15 is 0 Å². The molecule has 8 heteroatoms. The first-order valence-electron chi connectivity index (χ1n) is 10.7. The van der Waals surface area contributed by atoms with Crippen LogP contribution in [0, 0.1) is 0 Å². The molecule has 170 valence electrons. The second-order valence-corrected chi connectivity index (χ2v) is 8.56. The molecule has 2 aromatic carbocycles. The molecule has 3 aromatic rings. The molecule has 1 N–H and O–H groups in total. The molecule has 0 radical (unpaired) electrons. The van der Waals surface area contributed by atoms with Crippen LogP contribution in [0.2, 0.25) is 0 Å². The largest absolute Gasteiger partial charge is 0.497 e. The van der Waals surface area contributed by atoms with Gasteiger partial charge in [-0.25, -0.2) is 4.98 Å². The van der Waals surface area contributed by atoms with Crippen molar-refractivity contribution in [2.75, 3.05) is 49.3 Å². The van der Waals surface area contributed by atoms with Crippen LogP contribution in [0.1, 0.15) is 10.4 Å². The summed E-state index contributed by atoms with van der Waals surface area (Å²) in [4.78, 5) is 33.4. The number of carbonyl (C=O) groups is 2. The molecule has 2 amide bonds. The predicted molar refractivity (Wildman–Crippen MR) is 131 cm³/mol.